The molecule has 9 heteroatoms. The van der Waals surface area contributed by atoms with Gasteiger partial charge in [0.2, 0.25) is 0 Å². The molecule has 0 aliphatic carbocycles. The molecule has 1 heterocycles. The number of thiazole rings is 1. The lowest BCUT2D eigenvalue weighted by molar-refractivity contribution is -0.137. The summed E-state index contributed by atoms with van der Waals surface area (Å²) in [6, 6.07) is 9.52. The van der Waals surface area contributed by atoms with Gasteiger partial charge in [-0.2, -0.15) is 13.2 Å². The zero-order chi connectivity index (χ0) is 21.2. The van der Waals surface area contributed by atoms with Crippen LogP contribution in [0, 0.1) is 0 Å². The number of anilines is 1. The predicted octanol–water partition coefficient (Wildman–Crippen LogP) is 5.57. The highest BCUT2D eigenvalue weighted by Crippen LogP contribution is 2.32. The molecule has 0 radical (unpaired) electrons. The van der Waals surface area contributed by atoms with Gasteiger partial charge >= 0.3 is 6.18 Å². The van der Waals surface area contributed by atoms with Crippen LogP contribution in [0.5, 0.6) is 0 Å². The molecule has 0 fully saturated rings. The summed E-state index contributed by atoms with van der Waals surface area (Å²) in [5.74, 6) is -0.386. The smallest absolute Gasteiger partial charge is 0.309 e. The summed E-state index contributed by atoms with van der Waals surface area (Å²) in [6.07, 6.45) is -3.75. The van der Waals surface area contributed by atoms with Crippen molar-refractivity contribution >= 4 is 44.2 Å². The van der Waals surface area contributed by atoms with E-state index in [4.69, 9.17) is 11.6 Å². The van der Waals surface area contributed by atoms with Crippen molar-refractivity contribution in [3.8, 4) is 0 Å². The minimum atomic E-state index is -4.45. The number of nitrogens with zero attached hydrogens (tertiary/aromatic N) is 3. The Kier molecular flexibility index (Phi) is 6.45. The van der Waals surface area contributed by atoms with Crippen molar-refractivity contribution in [2.45, 2.75) is 12.6 Å². The number of aromatic nitrogens is 1. The second-order valence-electron chi connectivity index (χ2n) is 6.80. The predicted molar refractivity (Wildman–Crippen MR) is 111 cm³/mol. The van der Waals surface area contributed by atoms with Gasteiger partial charge in [-0.3, -0.25) is 9.69 Å². The van der Waals surface area contributed by atoms with Crippen LogP contribution >= 0.6 is 22.9 Å². The summed E-state index contributed by atoms with van der Waals surface area (Å²) < 4.78 is 39.3. The molecule has 1 aromatic heterocycles. The van der Waals surface area contributed by atoms with Gasteiger partial charge in [-0.1, -0.05) is 22.9 Å². The van der Waals surface area contributed by atoms with Crippen LogP contribution in [0.3, 0.4) is 0 Å². The summed E-state index contributed by atoms with van der Waals surface area (Å²) in [7, 11) is 3.86. The zero-order valence-corrected chi connectivity index (χ0v) is 17.4. The third-order valence-corrected chi connectivity index (χ3v) is 5.54. The van der Waals surface area contributed by atoms with Gasteiger partial charge in [0.25, 0.3) is 5.91 Å². The van der Waals surface area contributed by atoms with Gasteiger partial charge in [0.1, 0.15) is 0 Å². The first-order valence-corrected chi connectivity index (χ1v) is 10.0. The van der Waals surface area contributed by atoms with Gasteiger partial charge in [0.05, 0.1) is 15.8 Å². The number of carbonyl (C=O) groups excluding carboxylic acids is 1. The van der Waals surface area contributed by atoms with Crippen LogP contribution in [0.4, 0.5) is 18.3 Å². The van der Waals surface area contributed by atoms with Crippen LogP contribution in [0.25, 0.3) is 10.2 Å². The molecule has 3 rings (SSSR count). The van der Waals surface area contributed by atoms with E-state index in [9.17, 15) is 18.0 Å². The van der Waals surface area contributed by atoms with Gasteiger partial charge in [-0.15, -0.1) is 0 Å². The van der Waals surface area contributed by atoms with Crippen LogP contribution in [0.15, 0.2) is 42.5 Å². The zero-order valence-electron chi connectivity index (χ0n) is 15.8. The fraction of sp³-hybridized carbons (Fsp3) is 0.300. The fourth-order valence-corrected chi connectivity index (χ4v) is 4.05. The average molecular weight is 442 g/mol. The molecule has 29 heavy (non-hydrogen) atoms. The van der Waals surface area contributed by atoms with E-state index in [1.54, 1.807) is 18.2 Å². The molecule has 0 N–H and O–H groups in total. The van der Waals surface area contributed by atoms with Gasteiger partial charge in [0, 0.05) is 17.1 Å². The topological polar surface area (TPSA) is 36.4 Å². The van der Waals surface area contributed by atoms with E-state index < -0.39 is 11.7 Å². The fourth-order valence-electron chi connectivity index (χ4n) is 2.79. The maximum atomic E-state index is 13.1. The van der Waals surface area contributed by atoms with Crippen molar-refractivity contribution in [2.24, 2.45) is 0 Å². The number of halogens is 4. The van der Waals surface area contributed by atoms with Crippen LogP contribution in [0.1, 0.15) is 22.3 Å². The molecule has 0 unspecified atom stereocenters. The lowest BCUT2D eigenvalue weighted by Crippen LogP contribution is -2.33. The Bertz CT molecular complexity index is 1000. The lowest BCUT2D eigenvalue weighted by Gasteiger charge is -2.21. The molecule has 4 nitrogen and oxygen atoms in total. The molecule has 3 aromatic rings. The van der Waals surface area contributed by atoms with Crippen LogP contribution in [0.2, 0.25) is 5.02 Å². The maximum Gasteiger partial charge on any atom is 0.416 e. The molecule has 1 amide bonds. The summed E-state index contributed by atoms with van der Waals surface area (Å²) in [6.45, 7) is 1.15. The largest absolute Gasteiger partial charge is 0.416 e. The number of rotatable bonds is 6. The van der Waals surface area contributed by atoms with E-state index in [0.717, 1.165) is 23.4 Å². The Morgan fingerprint density at radius 2 is 1.79 bits per heavy atom. The minimum Gasteiger partial charge on any atom is -0.309 e. The number of carbonyl (C=O) groups is 1. The molecule has 0 aliphatic heterocycles. The Morgan fingerprint density at radius 3 is 2.41 bits per heavy atom. The molecule has 0 spiro atoms. The number of alkyl halides is 3. The second-order valence-corrected chi connectivity index (χ2v) is 8.24. The second kappa shape index (κ2) is 8.69. The van der Waals surface area contributed by atoms with Crippen molar-refractivity contribution in [1.29, 1.82) is 0 Å². The van der Waals surface area contributed by atoms with Gasteiger partial charge < -0.3 is 4.90 Å². The molecule has 0 saturated carbocycles. The summed E-state index contributed by atoms with van der Waals surface area (Å²) in [4.78, 5) is 21.1. The summed E-state index contributed by atoms with van der Waals surface area (Å²) in [5.41, 5.74) is 0.107. The van der Waals surface area contributed by atoms with Crippen molar-refractivity contribution in [2.75, 3.05) is 32.1 Å². The quantitative estimate of drug-likeness (QED) is 0.502. The van der Waals surface area contributed by atoms with Crippen molar-refractivity contribution in [1.82, 2.24) is 9.88 Å². The van der Waals surface area contributed by atoms with E-state index in [1.165, 1.54) is 28.4 Å². The van der Waals surface area contributed by atoms with E-state index in [0.29, 0.717) is 28.6 Å². The molecule has 0 saturated heterocycles. The van der Waals surface area contributed by atoms with E-state index in [2.05, 4.69) is 4.98 Å². The Labute approximate surface area is 175 Å². The first kappa shape index (κ1) is 21.5. The highest BCUT2D eigenvalue weighted by Gasteiger charge is 2.30. The number of hydrogen-bond acceptors (Lipinski definition) is 4. The van der Waals surface area contributed by atoms with Crippen molar-refractivity contribution in [3.05, 3.63) is 58.6 Å². The highest BCUT2D eigenvalue weighted by molar-refractivity contribution is 7.22. The number of hydrogen-bond donors (Lipinski definition) is 0. The molecule has 0 aliphatic rings. The van der Waals surface area contributed by atoms with Gasteiger partial charge in [-0.25, -0.2) is 4.98 Å². The third kappa shape index (κ3) is 5.26. The molecule has 2 aromatic carbocycles. The van der Waals surface area contributed by atoms with Crippen molar-refractivity contribution < 1.29 is 18.0 Å². The monoisotopic (exact) mass is 441 g/mol. The van der Waals surface area contributed by atoms with Crippen LogP contribution in [-0.2, 0) is 6.18 Å². The SMILES string of the molecule is CN(C)CCCN(C(=O)c1ccc(C(F)(F)F)cc1)c1nc2ccc(Cl)cc2s1. The van der Waals surface area contributed by atoms with E-state index >= 15 is 0 Å². The molecule has 154 valence electrons. The van der Waals surface area contributed by atoms with Gasteiger partial charge in [-0.05, 0) is 69.5 Å². The molecular formula is C20H19ClF3N3OS. The van der Waals surface area contributed by atoms with E-state index in [1.807, 2.05) is 19.0 Å². The lowest BCUT2D eigenvalue weighted by atomic mass is 10.1. The highest BCUT2D eigenvalue weighted by atomic mass is 35.5. The maximum absolute atomic E-state index is 13.1. The van der Waals surface area contributed by atoms with Gasteiger partial charge in [0.15, 0.2) is 5.13 Å². The average Bonchev–Trinajstić information content (AvgIpc) is 3.06. The standard InChI is InChI=1S/C20H19ClF3N3OS/c1-26(2)10-3-11-27(19-25-16-9-8-15(21)12-17(16)29-19)18(28)13-4-6-14(7-5-13)20(22,23)24/h4-9,12H,3,10-11H2,1-2H3. The third-order valence-electron chi connectivity index (χ3n) is 4.26. The summed E-state index contributed by atoms with van der Waals surface area (Å²) in [5, 5.41) is 1.06. The Balaban J connectivity index is 1.92. The molecule has 0 bridgehead atoms. The minimum absolute atomic E-state index is 0.181. The number of fused-ring (bicyclic) bond motifs is 1. The van der Waals surface area contributed by atoms with E-state index in [-0.39, 0.29) is 11.5 Å². The first-order chi connectivity index (χ1) is 13.6. The Hall–Kier alpha value is -2.16. The first-order valence-electron chi connectivity index (χ1n) is 8.85. The normalized spacial score (nSPS) is 12.0. The summed E-state index contributed by atoms with van der Waals surface area (Å²) >= 11 is 7.36. The Morgan fingerprint density at radius 1 is 1.10 bits per heavy atom. The molecular weight excluding hydrogens is 423 g/mol. The van der Waals surface area contributed by atoms with Crippen LogP contribution < -0.4 is 4.90 Å². The number of amides is 1. The molecule has 0 atom stereocenters. The van der Waals surface area contributed by atoms with Crippen molar-refractivity contribution in [3.63, 3.8) is 0 Å². The number of benzene rings is 2. The van der Waals surface area contributed by atoms with Crippen LogP contribution in [-0.4, -0.2) is 43.0 Å².